The lowest BCUT2D eigenvalue weighted by atomic mass is 10.1. The van der Waals surface area contributed by atoms with Crippen molar-refractivity contribution >= 4 is 10.9 Å². The number of hydrogen-bond acceptors (Lipinski definition) is 2. The number of hydrogen-bond donors (Lipinski definition) is 0. The second-order valence-electron chi connectivity index (χ2n) is 4.95. The van der Waals surface area contributed by atoms with Crippen molar-refractivity contribution in [3.63, 3.8) is 0 Å². The van der Waals surface area contributed by atoms with E-state index in [1.165, 1.54) is 12.3 Å². The first-order valence-corrected chi connectivity index (χ1v) is 6.79. The van der Waals surface area contributed by atoms with Crippen LogP contribution in [-0.4, -0.2) is 4.98 Å². The molecule has 0 radical (unpaired) electrons. The first-order valence-electron chi connectivity index (χ1n) is 6.79. The summed E-state index contributed by atoms with van der Waals surface area (Å²) in [6, 6.07) is 6.96. The normalized spacial score (nSPS) is 11.1. The number of halogens is 4. The zero-order valence-corrected chi connectivity index (χ0v) is 11.8. The van der Waals surface area contributed by atoms with Crippen LogP contribution in [0.2, 0.25) is 0 Å². The third-order valence-electron chi connectivity index (χ3n) is 3.42. The largest absolute Gasteiger partial charge is 0.372 e. The number of rotatable bonds is 4. The third kappa shape index (κ3) is 3.17. The molecule has 0 fully saturated rings. The van der Waals surface area contributed by atoms with E-state index in [2.05, 4.69) is 4.98 Å². The van der Waals surface area contributed by atoms with Crippen LogP contribution in [0.5, 0.6) is 0 Å². The molecule has 0 unspecified atom stereocenters. The van der Waals surface area contributed by atoms with Crippen molar-refractivity contribution in [3.05, 3.63) is 77.0 Å². The Kier molecular flexibility index (Phi) is 4.25. The molecule has 2 nitrogen and oxygen atoms in total. The van der Waals surface area contributed by atoms with Gasteiger partial charge in [0.1, 0.15) is 23.0 Å². The molecule has 0 amide bonds. The summed E-state index contributed by atoms with van der Waals surface area (Å²) in [5.74, 6) is -2.92. The number of aromatic nitrogens is 1. The van der Waals surface area contributed by atoms with Crippen molar-refractivity contribution in [1.29, 1.82) is 0 Å². The lowest BCUT2D eigenvalue weighted by Crippen LogP contribution is -2.01. The van der Waals surface area contributed by atoms with Crippen LogP contribution in [0.25, 0.3) is 10.9 Å². The van der Waals surface area contributed by atoms with Gasteiger partial charge in [-0.2, -0.15) is 0 Å². The Morgan fingerprint density at radius 3 is 2.35 bits per heavy atom. The van der Waals surface area contributed by atoms with Crippen LogP contribution in [0.4, 0.5) is 17.6 Å². The zero-order valence-electron chi connectivity index (χ0n) is 11.8. The number of ether oxygens (including phenoxy) is 1. The Hall–Kier alpha value is -2.47. The van der Waals surface area contributed by atoms with Crippen LogP contribution in [0.15, 0.2) is 42.6 Å². The highest BCUT2D eigenvalue weighted by molar-refractivity contribution is 5.82. The van der Waals surface area contributed by atoms with E-state index in [-0.39, 0.29) is 29.7 Å². The molecule has 0 spiro atoms. The van der Waals surface area contributed by atoms with Gasteiger partial charge in [0.05, 0.1) is 13.2 Å². The Balaban J connectivity index is 1.83. The minimum Gasteiger partial charge on any atom is -0.372 e. The second-order valence-corrected chi connectivity index (χ2v) is 4.95. The van der Waals surface area contributed by atoms with Crippen molar-refractivity contribution in [1.82, 2.24) is 4.98 Å². The number of fused-ring (bicyclic) bond motifs is 1. The summed E-state index contributed by atoms with van der Waals surface area (Å²) in [6.07, 6.45) is 1.37. The van der Waals surface area contributed by atoms with E-state index in [1.54, 1.807) is 6.07 Å². The molecule has 0 saturated carbocycles. The van der Waals surface area contributed by atoms with Gasteiger partial charge in [-0.1, -0.05) is 6.07 Å². The predicted octanol–water partition coefficient (Wildman–Crippen LogP) is 4.51. The van der Waals surface area contributed by atoms with Crippen molar-refractivity contribution in [2.75, 3.05) is 0 Å². The Morgan fingerprint density at radius 1 is 0.870 bits per heavy atom. The van der Waals surface area contributed by atoms with Gasteiger partial charge in [0.15, 0.2) is 5.82 Å². The third-order valence-corrected chi connectivity index (χ3v) is 3.42. The van der Waals surface area contributed by atoms with Crippen LogP contribution in [0, 0.1) is 23.3 Å². The van der Waals surface area contributed by atoms with E-state index in [1.807, 2.05) is 0 Å². The van der Waals surface area contributed by atoms with Gasteiger partial charge in [0, 0.05) is 23.2 Å². The van der Waals surface area contributed by atoms with Crippen molar-refractivity contribution < 1.29 is 22.3 Å². The predicted molar refractivity (Wildman–Crippen MR) is 76.5 cm³/mol. The van der Waals surface area contributed by atoms with Crippen LogP contribution in [-0.2, 0) is 18.0 Å². The quantitative estimate of drug-likeness (QED) is 0.660. The first kappa shape index (κ1) is 15.4. The zero-order chi connectivity index (χ0) is 16.4. The first-order chi connectivity index (χ1) is 11.1. The average molecular weight is 321 g/mol. The van der Waals surface area contributed by atoms with Gasteiger partial charge in [0.2, 0.25) is 0 Å². The fraction of sp³-hybridized carbons (Fsp3) is 0.118. The lowest BCUT2D eigenvalue weighted by molar-refractivity contribution is 0.103. The van der Waals surface area contributed by atoms with Gasteiger partial charge in [0.25, 0.3) is 0 Å². The summed E-state index contributed by atoms with van der Waals surface area (Å²) < 4.78 is 59.4. The highest BCUT2D eigenvalue weighted by Gasteiger charge is 2.11. The molecule has 3 rings (SSSR count). The van der Waals surface area contributed by atoms with E-state index in [4.69, 9.17) is 4.74 Å². The van der Waals surface area contributed by atoms with Gasteiger partial charge >= 0.3 is 0 Å². The average Bonchev–Trinajstić information content (AvgIpc) is 2.50. The summed E-state index contributed by atoms with van der Waals surface area (Å²) in [7, 11) is 0. The van der Waals surface area contributed by atoms with Gasteiger partial charge in [-0.15, -0.1) is 0 Å². The molecule has 0 aliphatic rings. The molecule has 6 heteroatoms. The highest BCUT2D eigenvalue weighted by atomic mass is 19.1. The van der Waals surface area contributed by atoms with Gasteiger partial charge in [-0.25, -0.2) is 17.6 Å². The summed E-state index contributed by atoms with van der Waals surface area (Å²) >= 11 is 0. The summed E-state index contributed by atoms with van der Waals surface area (Å²) in [4.78, 5) is 3.86. The molecule has 1 heterocycles. The van der Waals surface area contributed by atoms with Gasteiger partial charge in [-0.3, -0.25) is 4.98 Å². The fourth-order valence-electron chi connectivity index (χ4n) is 2.29. The van der Waals surface area contributed by atoms with Gasteiger partial charge < -0.3 is 4.74 Å². The summed E-state index contributed by atoms with van der Waals surface area (Å²) in [5.41, 5.74) is 0.304. The maximum absolute atomic E-state index is 13.7. The van der Waals surface area contributed by atoms with E-state index in [0.29, 0.717) is 5.56 Å². The van der Waals surface area contributed by atoms with Crippen molar-refractivity contribution in [2.24, 2.45) is 0 Å². The van der Waals surface area contributed by atoms with E-state index in [9.17, 15) is 17.6 Å². The van der Waals surface area contributed by atoms with Gasteiger partial charge in [-0.05, 0) is 29.8 Å². The molecule has 0 N–H and O–H groups in total. The summed E-state index contributed by atoms with van der Waals surface area (Å²) in [6.45, 7) is -0.351. The monoisotopic (exact) mass is 321 g/mol. The molecule has 0 aliphatic carbocycles. The molecular formula is C17H11F4NO. The minimum atomic E-state index is -0.776. The Morgan fingerprint density at radius 2 is 1.61 bits per heavy atom. The van der Waals surface area contributed by atoms with Crippen LogP contribution < -0.4 is 0 Å². The molecule has 3 aromatic rings. The van der Waals surface area contributed by atoms with Crippen LogP contribution in [0.1, 0.15) is 11.1 Å². The molecule has 0 aliphatic heterocycles. The molecule has 0 atom stereocenters. The molecular weight excluding hydrogens is 310 g/mol. The van der Waals surface area contributed by atoms with Crippen LogP contribution >= 0.6 is 0 Å². The number of pyridine rings is 1. The number of benzene rings is 2. The molecule has 0 bridgehead atoms. The standard InChI is InChI=1S/C17H11F4NO/c18-11-6-12-10(4-5-22-17(12)16(21)7-11)8-23-9-13-14(19)2-1-3-15(13)20/h1-7H,8-9H2. The van der Waals surface area contributed by atoms with Crippen LogP contribution in [0.3, 0.4) is 0 Å². The maximum Gasteiger partial charge on any atom is 0.152 e. The highest BCUT2D eigenvalue weighted by Crippen LogP contribution is 2.22. The Labute approximate surface area is 129 Å². The SMILES string of the molecule is Fc1cc(F)c2nccc(COCc3c(F)cccc3F)c2c1. The van der Waals surface area contributed by atoms with Crippen molar-refractivity contribution in [3.8, 4) is 0 Å². The van der Waals surface area contributed by atoms with E-state index >= 15 is 0 Å². The second kappa shape index (κ2) is 6.34. The minimum absolute atomic E-state index is 0.0181. The smallest absolute Gasteiger partial charge is 0.152 e. The molecule has 2 aromatic carbocycles. The topological polar surface area (TPSA) is 22.1 Å². The Bertz CT molecular complexity index is 846. The lowest BCUT2D eigenvalue weighted by Gasteiger charge is -2.09. The van der Waals surface area contributed by atoms with Crippen molar-refractivity contribution in [2.45, 2.75) is 13.2 Å². The van der Waals surface area contributed by atoms with E-state index in [0.717, 1.165) is 24.3 Å². The molecule has 1 aromatic heterocycles. The maximum atomic E-state index is 13.7. The molecule has 0 saturated heterocycles. The molecule has 118 valence electrons. The number of nitrogens with zero attached hydrogens (tertiary/aromatic N) is 1. The summed E-state index contributed by atoms with van der Waals surface area (Å²) in [5, 5.41) is 0.263. The van der Waals surface area contributed by atoms with E-state index < -0.39 is 23.3 Å². The molecule has 23 heavy (non-hydrogen) atoms. The fourth-order valence-corrected chi connectivity index (χ4v) is 2.29.